The zero-order valence-corrected chi connectivity index (χ0v) is 15.4. The van der Waals surface area contributed by atoms with Gasteiger partial charge in [-0.3, -0.25) is 0 Å². The third-order valence-corrected chi connectivity index (χ3v) is 5.49. The van der Waals surface area contributed by atoms with Crippen LogP contribution >= 0.6 is 11.6 Å². The Morgan fingerprint density at radius 1 is 1.16 bits per heavy atom. The minimum Gasteiger partial charge on any atom is -0.493 e. The van der Waals surface area contributed by atoms with E-state index in [1.165, 1.54) is 11.1 Å². The Hall–Kier alpha value is -1.91. The molecule has 25 heavy (non-hydrogen) atoms. The molecule has 0 amide bonds. The van der Waals surface area contributed by atoms with Crippen LogP contribution in [0.1, 0.15) is 35.3 Å². The summed E-state index contributed by atoms with van der Waals surface area (Å²) in [4.78, 5) is 0. The summed E-state index contributed by atoms with van der Waals surface area (Å²) >= 11 is 6.43. The number of methoxy groups -OCH3 is 2. The molecule has 2 aromatic carbocycles. The minimum absolute atomic E-state index is 0.119. The molecule has 0 bridgehead atoms. The number of hydrogen-bond acceptors (Lipinski definition) is 4. The maximum Gasteiger partial charge on any atom is 0.179 e. The molecule has 4 rings (SSSR count). The lowest BCUT2D eigenvalue weighted by atomic mass is 9.80. The van der Waals surface area contributed by atoms with Crippen molar-refractivity contribution in [3.8, 4) is 11.5 Å². The summed E-state index contributed by atoms with van der Waals surface area (Å²) in [5.74, 6) is 1.58. The molecular formula is C20H22ClNO3. The van der Waals surface area contributed by atoms with Crippen molar-refractivity contribution < 1.29 is 14.2 Å². The number of benzene rings is 2. The largest absolute Gasteiger partial charge is 0.493 e. The van der Waals surface area contributed by atoms with Gasteiger partial charge in [0.25, 0.3) is 0 Å². The van der Waals surface area contributed by atoms with Crippen LogP contribution in [0.5, 0.6) is 11.5 Å². The summed E-state index contributed by atoms with van der Waals surface area (Å²) in [5.41, 5.74) is 4.73. The molecule has 3 atom stereocenters. The number of hydrogen-bond donors (Lipinski definition) is 1. The highest BCUT2D eigenvalue weighted by Gasteiger charge is 2.41. The molecule has 0 aliphatic carbocycles. The molecule has 4 nitrogen and oxygen atoms in total. The van der Waals surface area contributed by atoms with Crippen LogP contribution < -0.4 is 14.8 Å². The molecule has 2 aliphatic rings. The first-order valence-electron chi connectivity index (χ1n) is 8.52. The van der Waals surface area contributed by atoms with E-state index in [4.69, 9.17) is 25.8 Å². The Labute approximate surface area is 153 Å². The maximum atomic E-state index is 6.43. The van der Waals surface area contributed by atoms with Gasteiger partial charge in [0, 0.05) is 23.8 Å². The van der Waals surface area contributed by atoms with E-state index in [2.05, 4.69) is 30.4 Å². The summed E-state index contributed by atoms with van der Waals surface area (Å²) in [6.45, 7) is 2.90. The van der Waals surface area contributed by atoms with Gasteiger partial charge in [-0.05, 0) is 37.1 Å². The van der Waals surface area contributed by atoms with Crippen molar-refractivity contribution in [2.24, 2.45) is 5.92 Å². The van der Waals surface area contributed by atoms with Gasteiger partial charge in [-0.15, -0.1) is 0 Å². The van der Waals surface area contributed by atoms with Gasteiger partial charge in [-0.1, -0.05) is 29.3 Å². The first kappa shape index (κ1) is 16.6. The standard InChI is InChI=1S/C20H22ClNO3/c1-11-4-5-16-14(8-11)19-13(6-7-25-19)18(22-16)12-9-15(21)20(24-3)17(10-12)23-2/h4-5,8-10,13,18-19,22H,6-7H2,1-3H3/t13-,18-,19-/m0/s1. The highest BCUT2D eigenvalue weighted by atomic mass is 35.5. The van der Waals surface area contributed by atoms with Crippen molar-refractivity contribution >= 4 is 17.3 Å². The van der Waals surface area contributed by atoms with E-state index >= 15 is 0 Å². The van der Waals surface area contributed by atoms with Crippen LogP contribution in [0.15, 0.2) is 30.3 Å². The molecule has 1 N–H and O–H groups in total. The van der Waals surface area contributed by atoms with Crippen LogP contribution in [0, 0.1) is 12.8 Å². The van der Waals surface area contributed by atoms with Gasteiger partial charge in [0.15, 0.2) is 11.5 Å². The average Bonchev–Trinajstić information content (AvgIpc) is 3.10. The zero-order valence-electron chi connectivity index (χ0n) is 14.6. The second-order valence-corrected chi connectivity index (χ2v) is 7.10. The van der Waals surface area contributed by atoms with Crippen molar-refractivity contribution in [3.05, 3.63) is 52.0 Å². The summed E-state index contributed by atoms with van der Waals surface area (Å²) in [6.07, 6.45) is 1.13. The zero-order chi connectivity index (χ0) is 17.6. The fourth-order valence-electron chi connectivity index (χ4n) is 4.04. The van der Waals surface area contributed by atoms with Gasteiger partial charge in [-0.2, -0.15) is 0 Å². The smallest absolute Gasteiger partial charge is 0.179 e. The lowest BCUT2D eigenvalue weighted by molar-refractivity contribution is 0.0828. The predicted octanol–water partition coefficient (Wildman–Crippen LogP) is 4.91. The molecule has 0 saturated carbocycles. The Morgan fingerprint density at radius 2 is 2.00 bits per heavy atom. The van der Waals surface area contributed by atoms with Crippen LogP contribution in [-0.4, -0.2) is 20.8 Å². The summed E-state index contributed by atoms with van der Waals surface area (Å²) in [7, 11) is 3.23. The van der Waals surface area contributed by atoms with Crippen LogP contribution in [0.2, 0.25) is 5.02 Å². The molecule has 5 heteroatoms. The van der Waals surface area contributed by atoms with Crippen LogP contribution in [0.4, 0.5) is 5.69 Å². The van der Waals surface area contributed by atoms with E-state index in [1.807, 2.05) is 12.1 Å². The number of rotatable bonds is 3. The Balaban J connectivity index is 1.78. The first-order chi connectivity index (χ1) is 12.1. The number of ether oxygens (including phenoxy) is 3. The molecule has 0 radical (unpaired) electrons. The molecule has 0 aromatic heterocycles. The molecule has 2 heterocycles. The quantitative estimate of drug-likeness (QED) is 0.845. The van der Waals surface area contributed by atoms with E-state index in [-0.39, 0.29) is 12.1 Å². The van der Waals surface area contributed by atoms with Crippen molar-refractivity contribution in [1.82, 2.24) is 0 Å². The van der Waals surface area contributed by atoms with Crippen molar-refractivity contribution in [1.29, 1.82) is 0 Å². The second-order valence-electron chi connectivity index (χ2n) is 6.69. The number of halogens is 1. The fraction of sp³-hybridized carbons (Fsp3) is 0.400. The van der Waals surface area contributed by atoms with Gasteiger partial charge >= 0.3 is 0 Å². The topological polar surface area (TPSA) is 39.7 Å². The molecule has 0 spiro atoms. The monoisotopic (exact) mass is 359 g/mol. The highest BCUT2D eigenvalue weighted by Crippen LogP contribution is 2.51. The SMILES string of the molecule is COc1cc([C@@H]2Nc3ccc(C)cc3[C@H]3OCC[C@H]32)cc(Cl)c1OC. The van der Waals surface area contributed by atoms with Gasteiger partial charge in [0.05, 0.1) is 31.4 Å². The van der Waals surface area contributed by atoms with Crippen LogP contribution in [0.3, 0.4) is 0 Å². The Kier molecular flexibility index (Phi) is 4.26. The third kappa shape index (κ3) is 2.74. The van der Waals surface area contributed by atoms with Gasteiger partial charge in [0.2, 0.25) is 0 Å². The summed E-state index contributed by atoms with van der Waals surface area (Å²) in [6, 6.07) is 10.6. The van der Waals surface area contributed by atoms with Gasteiger partial charge in [-0.25, -0.2) is 0 Å². The highest BCUT2D eigenvalue weighted by molar-refractivity contribution is 6.32. The minimum atomic E-state index is 0.119. The van der Waals surface area contributed by atoms with Crippen molar-refractivity contribution in [2.45, 2.75) is 25.5 Å². The second kappa shape index (κ2) is 6.43. The third-order valence-electron chi connectivity index (χ3n) is 5.21. The maximum absolute atomic E-state index is 6.43. The average molecular weight is 360 g/mol. The molecule has 2 aliphatic heterocycles. The molecule has 132 valence electrons. The van der Waals surface area contributed by atoms with E-state index in [0.717, 1.165) is 24.3 Å². The predicted molar refractivity (Wildman–Crippen MR) is 98.9 cm³/mol. The number of fused-ring (bicyclic) bond motifs is 3. The molecular weight excluding hydrogens is 338 g/mol. The molecule has 1 fully saturated rings. The van der Waals surface area contributed by atoms with E-state index in [9.17, 15) is 0 Å². The Morgan fingerprint density at radius 3 is 2.76 bits per heavy atom. The lowest BCUT2D eigenvalue weighted by Gasteiger charge is -2.37. The molecule has 2 aromatic rings. The van der Waals surface area contributed by atoms with Crippen LogP contribution in [0.25, 0.3) is 0 Å². The number of nitrogens with one attached hydrogen (secondary N) is 1. The van der Waals surface area contributed by atoms with Gasteiger partial charge in [0.1, 0.15) is 0 Å². The molecule has 0 unspecified atom stereocenters. The molecule has 1 saturated heterocycles. The van der Waals surface area contributed by atoms with E-state index in [0.29, 0.717) is 22.4 Å². The normalized spacial score (nSPS) is 24.2. The first-order valence-corrected chi connectivity index (χ1v) is 8.90. The van der Waals surface area contributed by atoms with E-state index in [1.54, 1.807) is 14.2 Å². The summed E-state index contributed by atoms with van der Waals surface area (Å²) in [5, 5.41) is 4.25. The van der Waals surface area contributed by atoms with Crippen LogP contribution in [-0.2, 0) is 4.74 Å². The summed E-state index contributed by atoms with van der Waals surface area (Å²) < 4.78 is 16.9. The number of aryl methyl sites for hydroxylation is 1. The fourth-order valence-corrected chi connectivity index (χ4v) is 4.34. The Bertz CT molecular complexity index is 808. The van der Waals surface area contributed by atoms with E-state index < -0.39 is 0 Å². The van der Waals surface area contributed by atoms with Crippen molar-refractivity contribution in [2.75, 3.05) is 26.1 Å². The van der Waals surface area contributed by atoms with Gasteiger partial charge < -0.3 is 19.5 Å². The van der Waals surface area contributed by atoms with Crippen molar-refractivity contribution in [3.63, 3.8) is 0 Å². The lowest BCUT2D eigenvalue weighted by Crippen LogP contribution is -2.29. The number of anilines is 1.